The van der Waals surface area contributed by atoms with Gasteiger partial charge in [-0.2, -0.15) is 0 Å². The lowest BCUT2D eigenvalue weighted by Gasteiger charge is -2.36. The van der Waals surface area contributed by atoms with Gasteiger partial charge in [0, 0.05) is 65.0 Å². The molecule has 7 rings (SSSR count). The molecule has 3 amide bonds. The molecule has 294 valence electrons. The number of aromatic nitrogens is 2. The Morgan fingerprint density at radius 2 is 1.57 bits per heavy atom. The molecule has 2 aromatic carbocycles. The molecule has 0 saturated carbocycles. The molecule has 1 unspecified atom stereocenters. The van der Waals surface area contributed by atoms with Gasteiger partial charge in [-0.25, -0.2) is 9.78 Å². The molecule has 2 fully saturated rings. The Balaban J connectivity index is 1.15. The molecule has 3 atom stereocenters. The summed E-state index contributed by atoms with van der Waals surface area (Å²) in [7, 11) is 3.61. The maximum atomic E-state index is 13.3. The van der Waals surface area contributed by atoms with Crippen LogP contribution in [0.1, 0.15) is 82.2 Å². The maximum Gasteiger partial charge on any atom is 0.410 e. The Bertz CT molecular complexity index is 2160. The maximum absolute atomic E-state index is 13.3. The largest absolute Gasteiger partial charge is 0.481 e. The Labute approximate surface area is 338 Å². The van der Waals surface area contributed by atoms with Crippen molar-refractivity contribution in [1.82, 2.24) is 30.4 Å². The lowest BCUT2D eigenvalue weighted by Crippen LogP contribution is -2.43. The zero-order valence-electron chi connectivity index (χ0n) is 32.5. The minimum atomic E-state index is -0.695. The third-order valence-corrected chi connectivity index (χ3v) is 11.6. The number of benzene rings is 2. The van der Waals surface area contributed by atoms with Crippen LogP contribution >= 0.6 is 23.2 Å². The summed E-state index contributed by atoms with van der Waals surface area (Å²) in [5, 5.41) is 7.08. The quantitative estimate of drug-likeness (QED) is 0.164. The van der Waals surface area contributed by atoms with E-state index in [-0.39, 0.29) is 36.6 Å². The van der Waals surface area contributed by atoms with Gasteiger partial charge in [-0.05, 0) is 83.7 Å². The Hall–Kier alpha value is -4.71. The predicted octanol–water partition coefficient (Wildman–Crippen LogP) is 8.35. The van der Waals surface area contributed by atoms with E-state index in [2.05, 4.69) is 28.6 Å². The number of carbonyl (C=O) groups excluding carboxylic acids is 3. The first-order valence-electron chi connectivity index (χ1n) is 19.2. The van der Waals surface area contributed by atoms with Crippen LogP contribution in [-0.2, 0) is 27.3 Å². The van der Waals surface area contributed by atoms with Crippen molar-refractivity contribution in [1.29, 1.82) is 0 Å². The summed E-state index contributed by atoms with van der Waals surface area (Å²) in [6.07, 6.45) is 6.80. The van der Waals surface area contributed by atoms with Crippen LogP contribution in [0.5, 0.6) is 5.88 Å². The van der Waals surface area contributed by atoms with Crippen LogP contribution < -0.4 is 15.4 Å². The van der Waals surface area contributed by atoms with E-state index in [4.69, 9.17) is 42.6 Å². The second-order valence-corrected chi connectivity index (χ2v) is 16.6. The van der Waals surface area contributed by atoms with Gasteiger partial charge in [-0.1, -0.05) is 59.6 Å². The van der Waals surface area contributed by atoms with Crippen LogP contribution in [0, 0.1) is 0 Å². The Kier molecular flexibility index (Phi) is 11.6. The van der Waals surface area contributed by atoms with Crippen LogP contribution in [0.4, 0.5) is 4.79 Å². The van der Waals surface area contributed by atoms with Crippen LogP contribution in [-0.4, -0.2) is 76.2 Å². The van der Waals surface area contributed by atoms with Crippen molar-refractivity contribution in [2.75, 3.05) is 20.7 Å². The smallest absolute Gasteiger partial charge is 0.410 e. The molecule has 2 aliphatic heterocycles. The lowest BCUT2D eigenvalue weighted by molar-refractivity contribution is -0.120. The number of rotatable bonds is 10. The lowest BCUT2D eigenvalue weighted by atomic mass is 9.88. The monoisotopic (exact) mass is 798 g/mol. The number of hydrogen-bond acceptors (Lipinski definition) is 8. The summed E-state index contributed by atoms with van der Waals surface area (Å²) in [6.45, 7) is 5.92. The highest BCUT2D eigenvalue weighted by atomic mass is 35.5. The molecule has 2 saturated heterocycles. The van der Waals surface area contributed by atoms with E-state index in [1.807, 2.05) is 75.5 Å². The predicted molar refractivity (Wildman–Crippen MR) is 217 cm³/mol. The normalized spacial score (nSPS) is 19.4. The first-order chi connectivity index (χ1) is 26.8. The minimum absolute atomic E-state index is 0.0216. The van der Waals surface area contributed by atoms with Crippen LogP contribution in [0.3, 0.4) is 0 Å². The number of ether oxygens (including phenoxy) is 2. The van der Waals surface area contributed by atoms with E-state index in [9.17, 15) is 14.4 Å². The average molecular weight is 800 g/mol. The fourth-order valence-corrected chi connectivity index (χ4v) is 8.60. The topological polar surface area (TPSA) is 126 Å². The highest BCUT2D eigenvalue weighted by molar-refractivity contribution is 6.39. The molecule has 1 aliphatic carbocycles. The van der Waals surface area contributed by atoms with Crippen molar-refractivity contribution in [2.24, 2.45) is 0 Å². The number of hydrogen-bond donors (Lipinski definition) is 2. The molecule has 56 heavy (non-hydrogen) atoms. The van der Waals surface area contributed by atoms with Crippen molar-refractivity contribution in [3.63, 3.8) is 0 Å². The van der Waals surface area contributed by atoms with Crippen molar-refractivity contribution < 1.29 is 23.9 Å². The average Bonchev–Trinajstić information content (AvgIpc) is 3.80. The second-order valence-electron chi connectivity index (χ2n) is 15.8. The zero-order valence-corrected chi connectivity index (χ0v) is 34.0. The number of carbonyl (C=O) groups is 3. The van der Waals surface area contributed by atoms with E-state index in [0.29, 0.717) is 58.6 Å². The second kappa shape index (κ2) is 16.4. The fraction of sp³-hybridized carbons (Fsp3) is 0.419. The number of pyridine rings is 2. The Morgan fingerprint density at radius 1 is 0.893 bits per heavy atom. The minimum Gasteiger partial charge on any atom is -0.481 e. The summed E-state index contributed by atoms with van der Waals surface area (Å²) in [6, 6.07) is 17.6. The molecular formula is C43H48Cl2N6O5. The molecule has 0 radical (unpaired) electrons. The van der Waals surface area contributed by atoms with Gasteiger partial charge in [-0.15, -0.1) is 0 Å². The number of nitrogens with one attached hydrogen (secondary N) is 2. The van der Waals surface area contributed by atoms with Gasteiger partial charge in [0.2, 0.25) is 17.7 Å². The van der Waals surface area contributed by atoms with E-state index in [1.54, 1.807) is 4.90 Å². The molecule has 2 aromatic heterocycles. The van der Waals surface area contributed by atoms with Gasteiger partial charge in [0.25, 0.3) is 0 Å². The fourth-order valence-electron chi connectivity index (χ4n) is 7.94. The first kappa shape index (κ1) is 39.5. The molecule has 0 spiro atoms. The number of amides is 3. The SMILES string of the molecule is COc1nc(-c2cccc(-c3cccc(-c4cnc5c(c4)CCCC5N(C)[C@H]4CCC(=O)N4)c3Cl)c2Cl)ccc1CN(C[C@@H]1CCC(=O)N1)C(=O)OC(C)(C)C. The summed E-state index contributed by atoms with van der Waals surface area (Å²) in [5.74, 6) is 0.415. The Morgan fingerprint density at radius 3 is 2.23 bits per heavy atom. The van der Waals surface area contributed by atoms with Crippen molar-refractivity contribution in [2.45, 2.75) is 96.1 Å². The molecule has 4 heterocycles. The number of aryl methyl sites for hydroxylation is 1. The van der Waals surface area contributed by atoms with Gasteiger partial charge in [-0.3, -0.25) is 19.5 Å². The van der Waals surface area contributed by atoms with E-state index in [0.717, 1.165) is 53.6 Å². The summed E-state index contributed by atoms with van der Waals surface area (Å²) in [5.41, 5.74) is 6.83. The van der Waals surface area contributed by atoms with Gasteiger partial charge in [0.15, 0.2) is 0 Å². The molecule has 13 heteroatoms. The number of nitrogens with zero attached hydrogens (tertiary/aromatic N) is 4. The number of methoxy groups -OCH3 is 1. The zero-order chi connectivity index (χ0) is 39.7. The van der Waals surface area contributed by atoms with Gasteiger partial charge in [0.1, 0.15) is 5.60 Å². The van der Waals surface area contributed by atoms with Crippen molar-refractivity contribution in [3.05, 3.63) is 87.7 Å². The molecular weight excluding hydrogens is 751 g/mol. The van der Waals surface area contributed by atoms with Gasteiger partial charge >= 0.3 is 6.09 Å². The first-order valence-corrected chi connectivity index (χ1v) is 19.9. The summed E-state index contributed by atoms with van der Waals surface area (Å²) in [4.78, 5) is 50.8. The van der Waals surface area contributed by atoms with Crippen LogP contribution in [0.2, 0.25) is 10.0 Å². The highest BCUT2D eigenvalue weighted by Crippen LogP contribution is 2.43. The van der Waals surface area contributed by atoms with E-state index >= 15 is 0 Å². The third-order valence-electron chi connectivity index (χ3n) is 10.7. The van der Waals surface area contributed by atoms with Crippen molar-refractivity contribution >= 4 is 41.1 Å². The van der Waals surface area contributed by atoms with Crippen LogP contribution in [0.15, 0.2) is 60.8 Å². The third kappa shape index (κ3) is 8.50. The van der Waals surface area contributed by atoms with Crippen molar-refractivity contribution in [3.8, 4) is 39.4 Å². The van der Waals surface area contributed by atoms with E-state index in [1.165, 1.54) is 12.7 Å². The highest BCUT2D eigenvalue weighted by Gasteiger charge is 2.34. The van der Waals surface area contributed by atoms with Gasteiger partial charge < -0.3 is 25.0 Å². The summed E-state index contributed by atoms with van der Waals surface area (Å²) < 4.78 is 11.5. The van der Waals surface area contributed by atoms with E-state index < -0.39 is 11.7 Å². The molecule has 4 aromatic rings. The van der Waals surface area contributed by atoms with Gasteiger partial charge in [0.05, 0.1) is 47.3 Å². The van der Waals surface area contributed by atoms with Crippen LogP contribution in [0.25, 0.3) is 33.5 Å². The molecule has 11 nitrogen and oxygen atoms in total. The molecule has 2 N–H and O–H groups in total. The number of halogens is 2. The standard InChI is InChI=1S/C43H48Cl2N6O5/c1-43(2,3)56-42(54)51(24-28-16-19-36(52)47-28)23-26-15-17-33(48-41(26)55-5)32-13-8-12-31(39(32)45)30-11-7-10-29(38(30)44)27-21-25-9-6-14-34(40(25)46-22-27)50(4)35-18-20-37(53)49-35/h7-8,10-13,15,17,21-22,28,34-35H,6,9,14,16,18-20,23-24H2,1-5H3,(H,47,52)(H,49,53)/t28-,34?,35-/m0/s1. The summed E-state index contributed by atoms with van der Waals surface area (Å²) >= 11 is 14.4. The molecule has 0 bridgehead atoms. The number of fused-ring (bicyclic) bond motifs is 1. The molecule has 3 aliphatic rings.